The number of carbonyl (C=O) groups is 1. The van der Waals surface area contributed by atoms with E-state index in [1.807, 2.05) is 37.3 Å². The Labute approximate surface area is 168 Å². The van der Waals surface area contributed by atoms with Crippen LogP contribution in [0.4, 0.5) is 0 Å². The first-order chi connectivity index (χ1) is 14.2. The fraction of sp³-hybridized carbons (Fsp3) is 0.174. The van der Waals surface area contributed by atoms with Crippen molar-refractivity contribution in [2.45, 2.75) is 19.4 Å². The van der Waals surface area contributed by atoms with E-state index in [2.05, 4.69) is 11.2 Å². The van der Waals surface area contributed by atoms with Crippen LogP contribution in [0.1, 0.15) is 34.9 Å². The Bertz CT molecular complexity index is 1080. The Kier molecular flexibility index (Phi) is 5.12. The molecule has 0 saturated heterocycles. The second-order valence-corrected chi connectivity index (χ2v) is 6.78. The van der Waals surface area contributed by atoms with Crippen LogP contribution < -0.4 is 4.74 Å². The van der Waals surface area contributed by atoms with Crippen LogP contribution in [0.25, 0.3) is 0 Å². The molecule has 144 valence electrons. The zero-order chi connectivity index (χ0) is 20.2. The van der Waals surface area contributed by atoms with Gasteiger partial charge in [0.25, 0.3) is 5.91 Å². The summed E-state index contributed by atoms with van der Waals surface area (Å²) in [5.74, 6) is 0.739. The maximum Gasteiger partial charge on any atom is 0.281 e. The number of ether oxygens (including phenoxy) is 1. The van der Waals surface area contributed by atoms with Gasteiger partial charge in [0.05, 0.1) is 17.5 Å². The molecule has 2 heterocycles. The van der Waals surface area contributed by atoms with Crippen molar-refractivity contribution in [1.29, 1.82) is 5.26 Å². The molecule has 0 saturated carbocycles. The molecule has 0 unspecified atom stereocenters. The highest BCUT2D eigenvalue weighted by Gasteiger charge is 2.35. The molecule has 0 aliphatic carbocycles. The number of benzene rings is 2. The number of para-hydroxylation sites is 1. The summed E-state index contributed by atoms with van der Waals surface area (Å²) in [6.07, 6.45) is 2.14. The van der Waals surface area contributed by atoms with Crippen LogP contribution in [-0.2, 0) is 4.79 Å². The Hall–Kier alpha value is -3.85. The Balaban J connectivity index is 1.56. The second kappa shape index (κ2) is 8.03. The lowest BCUT2D eigenvalue weighted by atomic mass is 10.0. The van der Waals surface area contributed by atoms with Crippen LogP contribution in [0.2, 0.25) is 0 Å². The summed E-state index contributed by atoms with van der Waals surface area (Å²) in [5.41, 5.74) is 3.33. The van der Waals surface area contributed by atoms with E-state index >= 15 is 0 Å². The van der Waals surface area contributed by atoms with E-state index in [1.165, 1.54) is 5.01 Å². The number of hydrazone groups is 1. The number of rotatable bonds is 5. The van der Waals surface area contributed by atoms with Crippen LogP contribution in [0.5, 0.6) is 5.75 Å². The number of nitrogens with zero attached hydrogens (tertiary/aromatic N) is 3. The summed E-state index contributed by atoms with van der Waals surface area (Å²) in [4.78, 5) is 12.9. The first-order valence-electron chi connectivity index (χ1n) is 9.27. The van der Waals surface area contributed by atoms with Gasteiger partial charge in [-0.15, -0.1) is 0 Å². The van der Waals surface area contributed by atoms with E-state index in [4.69, 9.17) is 9.15 Å². The molecule has 29 heavy (non-hydrogen) atoms. The molecule has 0 spiro atoms. The van der Waals surface area contributed by atoms with Gasteiger partial charge >= 0.3 is 0 Å². The molecule has 1 aromatic heterocycles. The monoisotopic (exact) mass is 385 g/mol. The van der Waals surface area contributed by atoms with E-state index in [-0.39, 0.29) is 18.6 Å². The molecule has 0 radical (unpaired) electrons. The van der Waals surface area contributed by atoms with E-state index in [0.29, 0.717) is 23.5 Å². The lowest BCUT2D eigenvalue weighted by Crippen LogP contribution is -2.31. The van der Waals surface area contributed by atoms with Crippen molar-refractivity contribution in [3.63, 3.8) is 0 Å². The van der Waals surface area contributed by atoms with Crippen LogP contribution >= 0.6 is 0 Å². The molecule has 2 aromatic carbocycles. The maximum atomic E-state index is 12.9. The Morgan fingerprint density at radius 3 is 2.72 bits per heavy atom. The maximum absolute atomic E-state index is 12.9. The molecule has 1 atom stereocenters. The second-order valence-electron chi connectivity index (χ2n) is 6.78. The van der Waals surface area contributed by atoms with Gasteiger partial charge < -0.3 is 9.15 Å². The smallest absolute Gasteiger partial charge is 0.281 e. The van der Waals surface area contributed by atoms with Gasteiger partial charge in [-0.05, 0) is 36.8 Å². The Morgan fingerprint density at radius 1 is 1.21 bits per heavy atom. The highest BCUT2D eigenvalue weighted by atomic mass is 16.5. The summed E-state index contributed by atoms with van der Waals surface area (Å²) < 4.78 is 11.2. The minimum atomic E-state index is -0.330. The first kappa shape index (κ1) is 18.5. The molecule has 3 aromatic rings. The molecule has 0 bridgehead atoms. The zero-order valence-electron chi connectivity index (χ0n) is 15.9. The van der Waals surface area contributed by atoms with Crippen molar-refractivity contribution in [3.8, 4) is 11.8 Å². The molecular weight excluding hydrogens is 366 g/mol. The number of amides is 1. The fourth-order valence-corrected chi connectivity index (χ4v) is 3.25. The third-order valence-corrected chi connectivity index (χ3v) is 4.78. The summed E-state index contributed by atoms with van der Waals surface area (Å²) in [5, 5.41) is 15.2. The van der Waals surface area contributed by atoms with Crippen molar-refractivity contribution in [3.05, 3.63) is 89.4 Å². The number of furan rings is 1. The van der Waals surface area contributed by atoms with Crippen molar-refractivity contribution in [2.24, 2.45) is 5.10 Å². The van der Waals surface area contributed by atoms with Crippen molar-refractivity contribution in [1.82, 2.24) is 5.01 Å². The quantitative estimate of drug-likeness (QED) is 0.659. The molecule has 1 aliphatic heterocycles. The molecule has 1 aliphatic rings. The minimum Gasteiger partial charge on any atom is -0.482 e. The normalized spacial score (nSPS) is 15.7. The van der Waals surface area contributed by atoms with Gasteiger partial charge in [-0.2, -0.15) is 10.4 Å². The number of aryl methyl sites for hydroxylation is 1. The SMILES string of the molecule is Cc1ccc(C2=NN(C(=O)COc3ccccc3C#N)[C@@H](c3ccco3)C2)cc1. The number of hydrogen-bond acceptors (Lipinski definition) is 5. The van der Waals surface area contributed by atoms with Crippen LogP contribution in [0.3, 0.4) is 0 Å². The van der Waals surface area contributed by atoms with Crippen molar-refractivity contribution in [2.75, 3.05) is 6.61 Å². The molecule has 4 rings (SSSR count). The lowest BCUT2D eigenvalue weighted by molar-refractivity contribution is -0.135. The molecule has 6 heteroatoms. The summed E-state index contributed by atoms with van der Waals surface area (Å²) >= 11 is 0. The van der Waals surface area contributed by atoms with Gasteiger partial charge in [0, 0.05) is 6.42 Å². The largest absolute Gasteiger partial charge is 0.482 e. The third-order valence-electron chi connectivity index (χ3n) is 4.78. The van der Waals surface area contributed by atoms with Gasteiger partial charge in [0.2, 0.25) is 0 Å². The van der Waals surface area contributed by atoms with Gasteiger partial charge in [0.1, 0.15) is 23.6 Å². The number of nitriles is 1. The third kappa shape index (κ3) is 3.90. The van der Waals surface area contributed by atoms with E-state index in [0.717, 1.165) is 16.8 Å². The van der Waals surface area contributed by atoms with Gasteiger partial charge in [-0.25, -0.2) is 5.01 Å². The predicted molar refractivity (Wildman–Crippen MR) is 107 cm³/mol. The molecule has 0 fully saturated rings. The fourth-order valence-electron chi connectivity index (χ4n) is 3.25. The summed E-state index contributed by atoms with van der Waals surface area (Å²) in [6.45, 7) is 1.80. The molecule has 6 nitrogen and oxygen atoms in total. The first-order valence-corrected chi connectivity index (χ1v) is 9.27. The average molecular weight is 385 g/mol. The van der Waals surface area contributed by atoms with Crippen molar-refractivity contribution < 1.29 is 13.9 Å². The van der Waals surface area contributed by atoms with Crippen LogP contribution in [0.15, 0.2) is 76.4 Å². The van der Waals surface area contributed by atoms with Gasteiger partial charge in [-0.1, -0.05) is 42.0 Å². The number of carbonyl (C=O) groups excluding carboxylic acids is 1. The van der Waals surface area contributed by atoms with Gasteiger partial charge in [-0.3, -0.25) is 4.79 Å². The van der Waals surface area contributed by atoms with Gasteiger partial charge in [0.15, 0.2) is 6.61 Å². The van der Waals surface area contributed by atoms with Crippen LogP contribution in [0, 0.1) is 18.3 Å². The average Bonchev–Trinajstić information content (AvgIpc) is 3.42. The summed E-state index contributed by atoms with van der Waals surface area (Å²) in [6, 6.07) is 20.2. The zero-order valence-corrected chi connectivity index (χ0v) is 15.9. The molecule has 1 amide bonds. The van der Waals surface area contributed by atoms with Crippen molar-refractivity contribution >= 4 is 11.6 Å². The van der Waals surface area contributed by atoms with E-state index < -0.39 is 0 Å². The van der Waals surface area contributed by atoms with Crippen LogP contribution in [-0.4, -0.2) is 23.2 Å². The molecular formula is C23H19N3O3. The topological polar surface area (TPSA) is 78.8 Å². The highest BCUT2D eigenvalue weighted by molar-refractivity contribution is 6.03. The predicted octanol–water partition coefficient (Wildman–Crippen LogP) is 4.22. The molecule has 0 N–H and O–H groups in total. The summed E-state index contributed by atoms with van der Waals surface area (Å²) in [7, 11) is 0. The number of hydrogen-bond donors (Lipinski definition) is 0. The highest BCUT2D eigenvalue weighted by Crippen LogP contribution is 2.33. The van der Waals surface area contributed by atoms with E-state index in [9.17, 15) is 10.1 Å². The minimum absolute atomic E-state index is 0.222. The lowest BCUT2D eigenvalue weighted by Gasteiger charge is -2.20. The standard InChI is InChI=1S/C23H19N3O3/c1-16-8-10-17(11-9-16)19-13-20(22-7-4-12-28-22)26(25-19)23(27)15-29-21-6-3-2-5-18(21)14-24/h2-12,20H,13,15H2,1H3/t20-/m1/s1. The Morgan fingerprint density at radius 2 is 2.00 bits per heavy atom. The van der Waals surface area contributed by atoms with E-state index in [1.54, 1.807) is 36.6 Å².